The third kappa shape index (κ3) is 6.46. The number of nitrogens with zero attached hydrogens (tertiary/aromatic N) is 4. The molecule has 0 radical (unpaired) electrons. The van der Waals surface area contributed by atoms with E-state index < -0.39 is 0 Å². The minimum absolute atomic E-state index is 0.618. The number of anilines is 3. The highest BCUT2D eigenvalue weighted by Gasteiger charge is 2.21. The molecule has 6 nitrogen and oxygen atoms in total. The number of nitrogens with two attached hydrogens (primary N) is 1. The number of nitrogens with one attached hydrogen (secondary N) is 1. The molecule has 0 saturated carbocycles. The van der Waals surface area contributed by atoms with E-state index in [-0.39, 0.29) is 0 Å². The molecule has 5 aromatic rings. The molecule has 1 saturated heterocycles. The first-order chi connectivity index (χ1) is 20.2. The lowest BCUT2D eigenvalue weighted by Crippen LogP contribution is -2.50. The molecule has 0 bridgehead atoms. The standard InChI is InChI=1S/C31H32Cl2N6S3/c1-19-23(9-10-37(2)18-20-3-7-29-26(15-20)36-30(34)42-29)24-17-22(5-8-28(24)41-19)35-31(40)39-13-11-38(12-14-39)27-6-4-21(32)16-25(27)33/h3-8,15-17H,9-14,18H2,1-2H3,(H2,34,36)(H,35,40). The summed E-state index contributed by atoms with van der Waals surface area (Å²) in [6.07, 6.45) is 0.983. The van der Waals surface area contributed by atoms with Crippen LogP contribution >= 0.6 is 58.1 Å². The van der Waals surface area contributed by atoms with Crippen molar-refractivity contribution in [2.24, 2.45) is 0 Å². The molecule has 6 rings (SSSR count). The van der Waals surface area contributed by atoms with Gasteiger partial charge in [0, 0.05) is 59.6 Å². The zero-order valence-electron chi connectivity index (χ0n) is 23.5. The highest BCUT2D eigenvalue weighted by atomic mass is 35.5. The number of piperazine rings is 1. The number of thiazole rings is 1. The quantitative estimate of drug-likeness (QED) is 0.173. The van der Waals surface area contributed by atoms with Gasteiger partial charge in [0.2, 0.25) is 0 Å². The summed E-state index contributed by atoms with van der Waals surface area (Å²) in [5.74, 6) is 0. The molecule has 11 heteroatoms. The van der Waals surface area contributed by atoms with Crippen LogP contribution in [0.2, 0.25) is 10.0 Å². The molecule has 42 heavy (non-hydrogen) atoms. The average molecular weight is 656 g/mol. The summed E-state index contributed by atoms with van der Waals surface area (Å²) < 4.78 is 2.44. The van der Waals surface area contributed by atoms with Gasteiger partial charge in [-0.3, -0.25) is 0 Å². The molecular formula is C31H32Cl2N6S3. The predicted octanol–water partition coefficient (Wildman–Crippen LogP) is 7.90. The zero-order chi connectivity index (χ0) is 29.4. The molecule has 0 atom stereocenters. The predicted molar refractivity (Wildman–Crippen MR) is 187 cm³/mol. The second kappa shape index (κ2) is 12.5. The maximum atomic E-state index is 6.44. The topological polar surface area (TPSA) is 60.7 Å². The number of fused-ring (bicyclic) bond motifs is 2. The number of aromatic nitrogens is 1. The van der Waals surface area contributed by atoms with Crippen LogP contribution in [-0.2, 0) is 13.0 Å². The van der Waals surface area contributed by atoms with Crippen molar-refractivity contribution in [3.05, 3.63) is 80.6 Å². The molecule has 0 aliphatic carbocycles. The number of likely N-dealkylation sites (N-methyl/N-ethyl adjacent to an activating group) is 1. The van der Waals surface area contributed by atoms with Crippen molar-refractivity contribution in [2.75, 3.05) is 55.7 Å². The molecule has 3 N–H and O–H groups in total. The summed E-state index contributed by atoms with van der Waals surface area (Å²) in [6.45, 7) is 7.39. The van der Waals surface area contributed by atoms with Crippen LogP contribution in [0.25, 0.3) is 20.3 Å². The van der Waals surface area contributed by atoms with Crippen molar-refractivity contribution in [3.8, 4) is 0 Å². The van der Waals surface area contributed by atoms with Gasteiger partial charge >= 0.3 is 0 Å². The normalized spacial score (nSPS) is 13.9. The van der Waals surface area contributed by atoms with E-state index in [0.29, 0.717) is 15.2 Å². The van der Waals surface area contributed by atoms with Crippen LogP contribution in [0.4, 0.5) is 16.5 Å². The molecule has 1 fully saturated rings. The van der Waals surface area contributed by atoms with Gasteiger partial charge in [-0.25, -0.2) is 4.98 Å². The first-order valence-electron chi connectivity index (χ1n) is 13.8. The molecule has 3 aromatic carbocycles. The summed E-state index contributed by atoms with van der Waals surface area (Å²) in [5, 5.41) is 7.51. The van der Waals surface area contributed by atoms with Crippen LogP contribution in [0, 0.1) is 6.92 Å². The molecule has 0 amide bonds. The van der Waals surface area contributed by atoms with Crippen molar-refractivity contribution in [3.63, 3.8) is 0 Å². The highest BCUT2D eigenvalue weighted by Crippen LogP contribution is 2.34. The average Bonchev–Trinajstić information content (AvgIpc) is 3.49. The van der Waals surface area contributed by atoms with Gasteiger partial charge in [-0.2, -0.15) is 0 Å². The van der Waals surface area contributed by atoms with Crippen molar-refractivity contribution in [2.45, 2.75) is 19.9 Å². The number of aryl methyl sites for hydroxylation is 1. The van der Waals surface area contributed by atoms with Gasteiger partial charge in [0.25, 0.3) is 0 Å². The van der Waals surface area contributed by atoms with Crippen LogP contribution < -0.4 is 16.0 Å². The number of hydrogen-bond donors (Lipinski definition) is 2. The molecular weight excluding hydrogens is 623 g/mol. The fourth-order valence-corrected chi connectivity index (χ4v) is 8.17. The number of hydrogen-bond acceptors (Lipinski definition) is 7. The molecule has 0 spiro atoms. The minimum atomic E-state index is 0.618. The summed E-state index contributed by atoms with van der Waals surface area (Å²) in [7, 11) is 2.18. The lowest BCUT2D eigenvalue weighted by Gasteiger charge is -2.37. The summed E-state index contributed by atoms with van der Waals surface area (Å²) in [5.41, 5.74) is 11.6. The molecule has 1 aliphatic rings. The first-order valence-corrected chi connectivity index (χ1v) is 16.6. The number of rotatable bonds is 7. The summed E-state index contributed by atoms with van der Waals surface area (Å²) in [6, 6.07) is 18.7. The maximum Gasteiger partial charge on any atom is 0.181 e. The number of benzene rings is 3. The van der Waals surface area contributed by atoms with Crippen molar-refractivity contribution >= 4 is 100 Å². The van der Waals surface area contributed by atoms with Crippen LogP contribution in [0.15, 0.2) is 54.6 Å². The third-order valence-electron chi connectivity index (χ3n) is 7.73. The van der Waals surface area contributed by atoms with Gasteiger partial charge in [0.05, 0.1) is 20.9 Å². The molecule has 0 unspecified atom stereocenters. The Kier molecular flexibility index (Phi) is 8.77. The lowest BCUT2D eigenvalue weighted by atomic mass is 10.1. The monoisotopic (exact) mass is 654 g/mol. The van der Waals surface area contributed by atoms with Gasteiger partial charge in [0.15, 0.2) is 10.2 Å². The minimum Gasteiger partial charge on any atom is -0.375 e. The van der Waals surface area contributed by atoms with E-state index in [9.17, 15) is 0 Å². The number of halogens is 2. The first kappa shape index (κ1) is 29.4. The summed E-state index contributed by atoms with van der Waals surface area (Å²) in [4.78, 5) is 12.7. The van der Waals surface area contributed by atoms with E-state index in [2.05, 4.69) is 75.4 Å². The lowest BCUT2D eigenvalue weighted by molar-refractivity contribution is 0.331. The van der Waals surface area contributed by atoms with Gasteiger partial charge in [-0.05, 0) is 97.7 Å². The van der Waals surface area contributed by atoms with E-state index >= 15 is 0 Å². The fraction of sp³-hybridized carbons (Fsp3) is 0.290. The fourth-order valence-electron chi connectivity index (χ4n) is 5.53. The molecule has 3 heterocycles. The van der Waals surface area contributed by atoms with E-state index in [1.165, 1.54) is 37.4 Å². The van der Waals surface area contributed by atoms with E-state index in [0.717, 1.165) is 72.4 Å². The molecule has 1 aliphatic heterocycles. The third-order valence-corrected chi connectivity index (χ3v) is 10.6. The van der Waals surface area contributed by atoms with E-state index in [1.807, 2.05) is 23.5 Å². The number of thiocarbonyl (C=S) groups is 1. The van der Waals surface area contributed by atoms with Crippen molar-refractivity contribution in [1.29, 1.82) is 0 Å². The van der Waals surface area contributed by atoms with E-state index in [1.54, 1.807) is 6.07 Å². The Balaban J connectivity index is 1.07. The second-order valence-electron chi connectivity index (χ2n) is 10.7. The Morgan fingerprint density at radius 1 is 1.02 bits per heavy atom. The Hall–Kier alpha value is -2.66. The van der Waals surface area contributed by atoms with Gasteiger partial charge < -0.3 is 25.8 Å². The number of thiophene rings is 1. The largest absolute Gasteiger partial charge is 0.375 e. The molecule has 218 valence electrons. The Morgan fingerprint density at radius 2 is 1.81 bits per heavy atom. The maximum absolute atomic E-state index is 6.44. The molecule has 2 aromatic heterocycles. The Labute approximate surface area is 269 Å². The van der Waals surface area contributed by atoms with Crippen LogP contribution in [0.5, 0.6) is 0 Å². The summed E-state index contributed by atoms with van der Waals surface area (Å²) >= 11 is 21.7. The van der Waals surface area contributed by atoms with Gasteiger partial charge in [-0.1, -0.05) is 40.6 Å². The highest BCUT2D eigenvalue weighted by molar-refractivity contribution is 7.80. The van der Waals surface area contributed by atoms with Gasteiger partial charge in [-0.15, -0.1) is 11.3 Å². The number of nitrogen functional groups attached to an aromatic ring is 1. The van der Waals surface area contributed by atoms with Gasteiger partial charge in [0.1, 0.15) is 0 Å². The van der Waals surface area contributed by atoms with Crippen LogP contribution in [0.1, 0.15) is 16.0 Å². The van der Waals surface area contributed by atoms with Crippen LogP contribution in [-0.4, -0.2) is 59.7 Å². The van der Waals surface area contributed by atoms with Crippen LogP contribution in [0.3, 0.4) is 0 Å². The SMILES string of the molecule is Cc1sc2ccc(NC(=S)N3CCN(c4ccc(Cl)cc4Cl)CC3)cc2c1CCN(C)Cc1ccc2sc(N)nc2c1. The van der Waals surface area contributed by atoms with E-state index in [4.69, 9.17) is 41.2 Å². The second-order valence-corrected chi connectivity index (χ2v) is 14.2. The zero-order valence-corrected chi connectivity index (χ0v) is 27.5. The smallest absolute Gasteiger partial charge is 0.181 e. The Morgan fingerprint density at radius 3 is 2.60 bits per heavy atom. The van der Waals surface area contributed by atoms with Crippen molar-refractivity contribution < 1.29 is 0 Å². The van der Waals surface area contributed by atoms with Crippen molar-refractivity contribution in [1.82, 2.24) is 14.8 Å². The Bertz CT molecular complexity index is 1760.